The molecule has 0 fully saturated rings. The zero-order chi connectivity index (χ0) is 20.8. The molecule has 0 aliphatic heterocycles. The van der Waals surface area contributed by atoms with Crippen LogP contribution in [0.15, 0.2) is 48.5 Å². The summed E-state index contributed by atoms with van der Waals surface area (Å²) in [4.78, 5) is 35.2. The number of carboxylic acids is 1. The molecule has 29 heavy (non-hydrogen) atoms. The minimum absolute atomic E-state index is 0.0177. The topological polar surface area (TPSA) is 105 Å². The van der Waals surface area contributed by atoms with Crippen LogP contribution in [-0.4, -0.2) is 42.3 Å². The maximum Gasteiger partial charge on any atom is 0.407 e. The Morgan fingerprint density at radius 1 is 1.07 bits per heavy atom. The van der Waals surface area contributed by atoms with Gasteiger partial charge in [-0.05, 0) is 22.3 Å². The van der Waals surface area contributed by atoms with E-state index in [0.717, 1.165) is 22.3 Å². The van der Waals surface area contributed by atoms with Crippen LogP contribution in [-0.2, 0) is 14.3 Å². The Bertz CT molecular complexity index is 934. The highest BCUT2D eigenvalue weighted by Crippen LogP contribution is 2.44. The summed E-state index contributed by atoms with van der Waals surface area (Å²) in [6, 6.07) is 14.3. The number of nitrogens with one attached hydrogen (secondary N) is 2. The van der Waals surface area contributed by atoms with Crippen molar-refractivity contribution in [3.05, 3.63) is 59.7 Å². The summed E-state index contributed by atoms with van der Waals surface area (Å²) in [5, 5.41) is 13.8. The fourth-order valence-electron chi connectivity index (χ4n) is 3.39. The Balaban J connectivity index is 1.64. The molecule has 2 aromatic rings. The summed E-state index contributed by atoms with van der Waals surface area (Å²) in [6.45, 7) is 0.0333. The van der Waals surface area contributed by atoms with Crippen molar-refractivity contribution in [1.82, 2.24) is 10.6 Å². The van der Waals surface area contributed by atoms with Crippen LogP contribution in [0.25, 0.3) is 11.1 Å². The van der Waals surface area contributed by atoms with Gasteiger partial charge in [-0.3, -0.25) is 4.79 Å². The van der Waals surface area contributed by atoms with E-state index in [1.54, 1.807) is 0 Å². The lowest BCUT2D eigenvalue weighted by atomic mass is 9.98. The van der Waals surface area contributed by atoms with E-state index >= 15 is 0 Å². The molecule has 1 aliphatic rings. The zero-order valence-corrected chi connectivity index (χ0v) is 15.6. The third kappa shape index (κ3) is 4.55. The van der Waals surface area contributed by atoms with Crippen LogP contribution in [0.3, 0.4) is 0 Å². The predicted octanol–water partition coefficient (Wildman–Crippen LogP) is 2.12. The van der Waals surface area contributed by atoms with Crippen molar-refractivity contribution in [1.29, 1.82) is 0 Å². The average molecular weight is 392 g/mol. The fraction of sp³-hybridized carbons (Fsp3) is 0.227. The van der Waals surface area contributed by atoms with Gasteiger partial charge in [-0.25, -0.2) is 9.59 Å². The number of amides is 2. The monoisotopic (exact) mass is 392 g/mol. The van der Waals surface area contributed by atoms with Crippen molar-refractivity contribution in [2.24, 2.45) is 0 Å². The highest BCUT2D eigenvalue weighted by Gasteiger charge is 2.30. The molecule has 2 aromatic carbocycles. The van der Waals surface area contributed by atoms with E-state index in [1.807, 2.05) is 48.5 Å². The third-order valence-electron chi connectivity index (χ3n) is 4.71. The van der Waals surface area contributed by atoms with Gasteiger partial charge in [0.05, 0.1) is 13.0 Å². The molecule has 7 heteroatoms. The first-order valence-electron chi connectivity index (χ1n) is 9.05. The molecule has 0 saturated carbocycles. The van der Waals surface area contributed by atoms with Crippen LogP contribution in [0, 0.1) is 12.3 Å². The van der Waals surface area contributed by atoms with Gasteiger partial charge in [0.2, 0.25) is 5.91 Å². The summed E-state index contributed by atoms with van der Waals surface area (Å²) >= 11 is 0. The first-order chi connectivity index (χ1) is 14.0. The molecule has 0 bridgehead atoms. The van der Waals surface area contributed by atoms with Crippen molar-refractivity contribution in [3.8, 4) is 23.5 Å². The molecule has 0 heterocycles. The number of hydrogen-bond acceptors (Lipinski definition) is 4. The predicted molar refractivity (Wildman–Crippen MR) is 106 cm³/mol. The van der Waals surface area contributed by atoms with Crippen molar-refractivity contribution in [3.63, 3.8) is 0 Å². The van der Waals surface area contributed by atoms with Crippen molar-refractivity contribution >= 4 is 18.0 Å². The first-order valence-corrected chi connectivity index (χ1v) is 9.05. The molecular formula is C22H20N2O5. The van der Waals surface area contributed by atoms with Gasteiger partial charge in [-0.1, -0.05) is 54.5 Å². The maximum absolute atomic E-state index is 12.2. The number of aliphatic carboxylic acids is 1. The van der Waals surface area contributed by atoms with Gasteiger partial charge in [0, 0.05) is 5.92 Å². The van der Waals surface area contributed by atoms with Crippen LogP contribution in [0.4, 0.5) is 4.79 Å². The van der Waals surface area contributed by atoms with Gasteiger partial charge in [0.25, 0.3) is 0 Å². The molecule has 0 aromatic heterocycles. The second kappa shape index (κ2) is 8.93. The van der Waals surface area contributed by atoms with Crippen molar-refractivity contribution < 1.29 is 24.2 Å². The van der Waals surface area contributed by atoms with Crippen LogP contribution in [0.2, 0.25) is 0 Å². The minimum Gasteiger partial charge on any atom is -0.480 e. The largest absolute Gasteiger partial charge is 0.480 e. The lowest BCUT2D eigenvalue weighted by Gasteiger charge is -2.17. The van der Waals surface area contributed by atoms with Gasteiger partial charge >= 0.3 is 12.1 Å². The standard InChI is InChI=1S/C22H20N2O5/c1-2-11-23-20(25)12-19(21(26)27)24-22(28)29-13-18-16-9-5-3-7-14(16)15-8-4-6-10-17(15)18/h1,3-10,18-19H,11-13H2,(H,23,25)(H,24,28)(H,26,27)/t19-/m0/s1. The van der Waals surface area contributed by atoms with E-state index in [1.165, 1.54) is 0 Å². The van der Waals surface area contributed by atoms with Crippen molar-refractivity contribution in [2.45, 2.75) is 18.4 Å². The highest BCUT2D eigenvalue weighted by atomic mass is 16.5. The Kier molecular flexibility index (Phi) is 6.15. The number of terminal acetylenes is 1. The Morgan fingerprint density at radius 3 is 2.21 bits per heavy atom. The third-order valence-corrected chi connectivity index (χ3v) is 4.71. The second-order valence-electron chi connectivity index (χ2n) is 6.55. The molecule has 0 radical (unpaired) electrons. The van der Waals surface area contributed by atoms with E-state index in [4.69, 9.17) is 11.2 Å². The molecule has 3 N–H and O–H groups in total. The Labute approximate surface area is 168 Å². The van der Waals surface area contributed by atoms with Gasteiger partial charge in [0.15, 0.2) is 0 Å². The molecule has 148 valence electrons. The Hall–Kier alpha value is -3.79. The van der Waals surface area contributed by atoms with Gasteiger partial charge in [-0.2, -0.15) is 0 Å². The van der Waals surface area contributed by atoms with Crippen LogP contribution in [0.5, 0.6) is 0 Å². The molecule has 0 spiro atoms. The lowest BCUT2D eigenvalue weighted by Crippen LogP contribution is -2.44. The number of fused-ring (bicyclic) bond motifs is 3. The second-order valence-corrected chi connectivity index (χ2v) is 6.55. The summed E-state index contributed by atoms with van der Waals surface area (Å²) in [6.07, 6.45) is 3.70. The molecule has 0 saturated heterocycles. The molecule has 7 nitrogen and oxygen atoms in total. The molecule has 2 amide bonds. The first kappa shape index (κ1) is 20.0. The number of rotatable bonds is 7. The zero-order valence-electron chi connectivity index (χ0n) is 15.6. The summed E-state index contributed by atoms with van der Waals surface area (Å²) in [5.74, 6) is 0.162. The highest BCUT2D eigenvalue weighted by molar-refractivity contribution is 5.87. The van der Waals surface area contributed by atoms with Crippen LogP contribution >= 0.6 is 0 Å². The van der Waals surface area contributed by atoms with Gasteiger partial charge in [0.1, 0.15) is 12.6 Å². The molecule has 1 aliphatic carbocycles. The summed E-state index contributed by atoms with van der Waals surface area (Å²) in [5.41, 5.74) is 4.27. The number of benzene rings is 2. The van der Waals surface area contributed by atoms with Crippen LogP contribution in [0.1, 0.15) is 23.5 Å². The lowest BCUT2D eigenvalue weighted by molar-refractivity contribution is -0.141. The van der Waals surface area contributed by atoms with E-state index in [9.17, 15) is 19.5 Å². The molecule has 1 atom stereocenters. The number of ether oxygens (including phenoxy) is 1. The van der Waals surface area contributed by atoms with E-state index in [-0.39, 0.29) is 19.1 Å². The quantitative estimate of drug-likeness (QED) is 0.626. The van der Waals surface area contributed by atoms with Crippen LogP contribution < -0.4 is 10.6 Å². The summed E-state index contributed by atoms with van der Waals surface area (Å²) < 4.78 is 5.31. The number of hydrogen-bond donors (Lipinski definition) is 3. The van der Waals surface area contributed by atoms with E-state index in [0.29, 0.717) is 0 Å². The van der Waals surface area contributed by atoms with E-state index < -0.39 is 30.4 Å². The van der Waals surface area contributed by atoms with Gasteiger partial charge < -0.3 is 20.5 Å². The fourth-order valence-corrected chi connectivity index (χ4v) is 3.39. The SMILES string of the molecule is C#CCNC(=O)C[C@H](NC(=O)OCC1c2ccccc2-c2ccccc21)C(=O)O. The average Bonchev–Trinajstić information content (AvgIpc) is 3.04. The normalized spacial score (nSPS) is 12.8. The number of carbonyl (C=O) groups excluding carboxylic acids is 2. The number of carbonyl (C=O) groups is 3. The number of alkyl carbamates (subject to hydrolysis) is 1. The summed E-state index contributed by atoms with van der Waals surface area (Å²) in [7, 11) is 0. The maximum atomic E-state index is 12.2. The smallest absolute Gasteiger partial charge is 0.407 e. The Morgan fingerprint density at radius 2 is 1.66 bits per heavy atom. The van der Waals surface area contributed by atoms with Gasteiger partial charge in [-0.15, -0.1) is 6.42 Å². The minimum atomic E-state index is -1.41. The molecule has 0 unspecified atom stereocenters. The van der Waals surface area contributed by atoms with E-state index in [2.05, 4.69) is 16.6 Å². The molecule has 3 rings (SSSR count). The number of carboxylic acid groups (broad SMARTS) is 1. The molecular weight excluding hydrogens is 372 g/mol. The van der Waals surface area contributed by atoms with Crippen molar-refractivity contribution in [2.75, 3.05) is 13.2 Å².